The second-order valence-electron chi connectivity index (χ2n) is 5.21. The molecule has 1 aromatic rings. The maximum absolute atomic E-state index is 6.46. The average molecular weight is 249 g/mol. The van der Waals surface area contributed by atoms with Gasteiger partial charge in [0.2, 0.25) is 0 Å². The first-order valence-electron chi connectivity index (χ1n) is 6.65. The van der Waals surface area contributed by atoms with Crippen LogP contribution in [0.2, 0.25) is 0 Å². The van der Waals surface area contributed by atoms with E-state index in [-0.39, 0.29) is 6.04 Å². The molecule has 0 saturated heterocycles. The van der Waals surface area contributed by atoms with Gasteiger partial charge in [0.15, 0.2) is 0 Å². The van der Waals surface area contributed by atoms with Crippen molar-refractivity contribution in [3.8, 4) is 11.5 Å². The smallest absolute Gasteiger partial charge is 0.123 e. The molecule has 18 heavy (non-hydrogen) atoms. The summed E-state index contributed by atoms with van der Waals surface area (Å²) in [7, 11) is 3.37. The quantitative estimate of drug-likeness (QED) is 0.891. The second-order valence-corrected chi connectivity index (χ2v) is 5.21. The highest BCUT2D eigenvalue weighted by Gasteiger charge is 2.31. The van der Waals surface area contributed by atoms with E-state index < -0.39 is 0 Å². The molecular weight excluding hydrogens is 226 g/mol. The Hall–Kier alpha value is -1.22. The predicted molar refractivity (Wildman–Crippen MR) is 73.0 cm³/mol. The maximum atomic E-state index is 6.46. The molecule has 1 aliphatic carbocycles. The van der Waals surface area contributed by atoms with Gasteiger partial charge in [0.05, 0.1) is 14.2 Å². The van der Waals surface area contributed by atoms with Gasteiger partial charge in [-0.15, -0.1) is 0 Å². The molecule has 2 rings (SSSR count). The minimum Gasteiger partial charge on any atom is -0.497 e. The fourth-order valence-electron chi connectivity index (χ4n) is 3.04. The average Bonchev–Trinajstić information content (AvgIpc) is 2.83. The van der Waals surface area contributed by atoms with E-state index in [9.17, 15) is 0 Å². The number of methoxy groups -OCH3 is 2. The Morgan fingerprint density at radius 3 is 2.56 bits per heavy atom. The molecule has 0 radical (unpaired) electrons. The lowest BCUT2D eigenvalue weighted by Gasteiger charge is -2.25. The van der Waals surface area contributed by atoms with E-state index in [4.69, 9.17) is 15.2 Å². The molecular formula is C15H23NO2. The summed E-state index contributed by atoms with van der Waals surface area (Å²) in [5.41, 5.74) is 7.52. The molecule has 1 saturated carbocycles. The van der Waals surface area contributed by atoms with Crippen LogP contribution in [0.1, 0.15) is 37.8 Å². The standard InChI is InChI=1S/C15H23NO2/c1-10-5-4-6-12(10)15(16)13-9-11(17-2)7-8-14(13)18-3/h7-10,12,15H,4-6,16H2,1-3H3. The van der Waals surface area contributed by atoms with Gasteiger partial charge in [-0.1, -0.05) is 19.8 Å². The zero-order valence-corrected chi connectivity index (χ0v) is 11.5. The van der Waals surface area contributed by atoms with Crippen LogP contribution < -0.4 is 15.2 Å². The molecule has 3 nitrogen and oxygen atoms in total. The third-order valence-corrected chi connectivity index (χ3v) is 4.19. The summed E-state index contributed by atoms with van der Waals surface area (Å²) >= 11 is 0. The van der Waals surface area contributed by atoms with Crippen LogP contribution in [-0.4, -0.2) is 14.2 Å². The number of hydrogen-bond acceptors (Lipinski definition) is 3. The highest BCUT2D eigenvalue weighted by atomic mass is 16.5. The number of benzene rings is 1. The van der Waals surface area contributed by atoms with Crippen LogP contribution >= 0.6 is 0 Å². The van der Waals surface area contributed by atoms with Gasteiger partial charge in [-0.2, -0.15) is 0 Å². The topological polar surface area (TPSA) is 44.5 Å². The van der Waals surface area contributed by atoms with E-state index >= 15 is 0 Å². The van der Waals surface area contributed by atoms with Gasteiger partial charge in [-0.05, 0) is 36.5 Å². The molecule has 3 unspecified atom stereocenters. The van der Waals surface area contributed by atoms with Crippen LogP contribution in [0.4, 0.5) is 0 Å². The van der Waals surface area contributed by atoms with Crippen LogP contribution in [0, 0.1) is 11.8 Å². The van der Waals surface area contributed by atoms with Crippen molar-refractivity contribution in [2.45, 2.75) is 32.2 Å². The Kier molecular flexibility index (Phi) is 4.12. The molecule has 1 fully saturated rings. The second kappa shape index (κ2) is 5.61. The lowest BCUT2D eigenvalue weighted by Crippen LogP contribution is -2.23. The van der Waals surface area contributed by atoms with Crippen LogP contribution in [-0.2, 0) is 0 Å². The third-order valence-electron chi connectivity index (χ3n) is 4.19. The van der Waals surface area contributed by atoms with Crippen LogP contribution in [0.15, 0.2) is 18.2 Å². The van der Waals surface area contributed by atoms with E-state index in [0.29, 0.717) is 11.8 Å². The van der Waals surface area contributed by atoms with Gasteiger partial charge in [0.1, 0.15) is 11.5 Å². The number of rotatable bonds is 4. The lowest BCUT2D eigenvalue weighted by molar-refractivity contribution is 0.334. The van der Waals surface area contributed by atoms with E-state index in [2.05, 4.69) is 6.92 Å². The number of nitrogens with two attached hydrogens (primary N) is 1. The Morgan fingerprint density at radius 1 is 1.22 bits per heavy atom. The maximum Gasteiger partial charge on any atom is 0.123 e. The van der Waals surface area contributed by atoms with Crippen molar-refractivity contribution < 1.29 is 9.47 Å². The van der Waals surface area contributed by atoms with E-state index in [1.165, 1.54) is 19.3 Å². The molecule has 0 heterocycles. The van der Waals surface area contributed by atoms with Gasteiger partial charge in [0.25, 0.3) is 0 Å². The molecule has 0 aliphatic heterocycles. The van der Waals surface area contributed by atoms with E-state index in [1.807, 2.05) is 18.2 Å². The monoisotopic (exact) mass is 249 g/mol. The fraction of sp³-hybridized carbons (Fsp3) is 0.600. The molecule has 0 spiro atoms. The van der Waals surface area contributed by atoms with E-state index in [1.54, 1.807) is 14.2 Å². The molecule has 2 N–H and O–H groups in total. The van der Waals surface area contributed by atoms with Gasteiger partial charge in [-0.25, -0.2) is 0 Å². The number of ether oxygens (including phenoxy) is 2. The summed E-state index contributed by atoms with van der Waals surface area (Å²) in [5.74, 6) is 2.94. The number of hydrogen-bond donors (Lipinski definition) is 1. The van der Waals surface area contributed by atoms with E-state index in [0.717, 1.165) is 17.1 Å². The zero-order chi connectivity index (χ0) is 13.1. The highest BCUT2D eigenvalue weighted by Crippen LogP contribution is 2.41. The Bertz CT molecular complexity index is 405. The van der Waals surface area contributed by atoms with Crippen LogP contribution in [0.3, 0.4) is 0 Å². The van der Waals surface area contributed by atoms with Crippen molar-refractivity contribution in [3.63, 3.8) is 0 Å². The van der Waals surface area contributed by atoms with Crippen molar-refractivity contribution in [2.24, 2.45) is 17.6 Å². The summed E-state index contributed by atoms with van der Waals surface area (Å²) in [6, 6.07) is 5.89. The summed E-state index contributed by atoms with van der Waals surface area (Å²) in [5, 5.41) is 0. The fourth-order valence-corrected chi connectivity index (χ4v) is 3.04. The van der Waals surface area contributed by atoms with Crippen molar-refractivity contribution >= 4 is 0 Å². The summed E-state index contributed by atoms with van der Waals surface area (Å²) in [4.78, 5) is 0. The normalized spacial score (nSPS) is 24.9. The molecule has 3 atom stereocenters. The van der Waals surface area contributed by atoms with Gasteiger partial charge in [-0.3, -0.25) is 0 Å². The Balaban J connectivity index is 2.29. The van der Waals surface area contributed by atoms with Gasteiger partial charge < -0.3 is 15.2 Å². The molecule has 0 amide bonds. The molecule has 0 aromatic heterocycles. The minimum absolute atomic E-state index is 0.0348. The van der Waals surface area contributed by atoms with Gasteiger partial charge >= 0.3 is 0 Å². The molecule has 1 aromatic carbocycles. The summed E-state index contributed by atoms with van der Waals surface area (Å²) in [6.45, 7) is 2.30. The van der Waals surface area contributed by atoms with Crippen LogP contribution in [0.5, 0.6) is 11.5 Å². The minimum atomic E-state index is 0.0348. The van der Waals surface area contributed by atoms with Crippen molar-refractivity contribution in [3.05, 3.63) is 23.8 Å². The molecule has 0 bridgehead atoms. The lowest BCUT2D eigenvalue weighted by atomic mass is 9.86. The zero-order valence-electron chi connectivity index (χ0n) is 11.5. The summed E-state index contributed by atoms with van der Waals surface area (Å²) in [6.07, 6.45) is 3.78. The van der Waals surface area contributed by atoms with Gasteiger partial charge in [0, 0.05) is 11.6 Å². The highest BCUT2D eigenvalue weighted by molar-refractivity contribution is 5.42. The third kappa shape index (κ3) is 2.46. The Labute approximate surface area is 109 Å². The predicted octanol–water partition coefficient (Wildman–Crippen LogP) is 3.14. The van der Waals surface area contributed by atoms with Crippen molar-refractivity contribution in [2.75, 3.05) is 14.2 Å². The molecule has 3 heteroatoms. The molecule has 100 valence electrons. The first-order chi connectivity index (χ1) is 8.67. The first kappa shape index (κ1) is 13.2. The SMILES string of the molecule is COc1ccc(OC)c(C(N)C2CCCC2C)c1. The van der Waals surface area contributed by atoms with Crippen molar-refractivity contribution in [1.82, 2.24) is 0 Å². The Morgan fingerprint density at radius 2 is 2.00 bits per heavy atom. The van der Waals surface area contributed by atoms with Crippen LogP contribution in [0.25, 0.3) is 0 Å². The van der Waals surface area contributed by atoms with Crippen molar-refractivity contribution in [1.29, 1.82) is 0 Å². The largest absolute Gasteiger partial charge is 0.497 e. The molecule has 1 aliphatic rings. The summed E-state index contributed by atoms with van der Waals surface area (Å²) < 4.78 is 10.7. The first-order valence-corrected chi connectivity index (χ1v) is 6.65.